The fourth-order valence-electron chi connectivity index (χ4n) is 4.06. The van der Waals surface area contributed by atoms with Gasteiger partial charge in [0.05, 0.1) is 23.8 Å². The minimum atomic E-state index is -0.414. The molecule has 0 spiro atoms. The number of nitrogens with two attached hydrogens (primary N) is 1. The van der Waals surface area contributed by atoms with Crippen molar-refractivity contribution in [3.05, 3.63) is 11.1 Å². The van der Waals surface area contributed by atoms with Gasteiger partial charge in [0.25, 0.3) is 0 Å². The molecule has 6 nitrogen and oxygen atoms in total. The topological polar surface area (TPSA) is 80.5 Å². The number of ether oxygens (including phenoxy) is 1. The third-order valence-electron chi connectivity index (χ3n) is 5.23. The van der Waals surface area contributed by atoms with Crippen LogP contribution in [0, 0.1) is 5.92 Å². The molecule has 1 aliphatic carbocycles. The summed E-state index contributed by atoms with van der Waals surface area (Å²) in [5.74, 6) is -0.117. The second-order valence-corrected chi connectivity index (χ2v) is 8.75. The largest absolute Gasteiger partial charge is 0.373 e. The number of rotatable bonds is 4. The number of carbonyl (C=O) groups excluding carboxylic acids is 1. The molecule has 156 valence electrons. The summed E-state index contributed by atoms with van der Waals surface area (Å²) in [6.07, 6.45) is 4.43. The third-order valence-corrected chi connectivity index (χ3v) is 6.04. The normalized spacial score (nSPS) is 31.5. The molecule has 3 N–H and O–H groups in total. The van der Waals surface area contributed by atoms with Crippen LogP contribution >= 0.6 is 36.2 Å². The first kappa shape index (κ1) is 24.6. The Balaban J connectivity index is 0.00000182. The first-order chi connectivity index (χ1) is 11.8. The molecule has 27 heavy (non-hydrogen) atoms. The lowest BCUT2D eigenvalue weighted by Gasteiger charge is -2.37. The second kappa shape index (κ2) is 10.4. The lowest BCUT2D eigenvalue weighted by atomic mass is 9.74. The van der Waals surface area contributed by atoms with E-state index in [0.29, 0.717) is 5.13 Å². The number of amides is 1. The van der Waals surface area contributed by atoms with Crippen molar-refractivity contribution in [2.24, 2.45) is 11.7 Å². The second-order valence-electron chi connectivity index (χ2n) is 7.89. The van der Waals surface area contributed by atoms with Gasteiger partial charge >= 0.3 is 0 Å². The molecule has 0 aromatic carbocycles. The molecule has 4 unspecified atom stereocenters. The Labute approximate surface area is 178 Å². The van der Waals surface area contributed by atoms with Gasteiger partial charge in [-0.05, 0) is 33.6 Å². The monoisotopic (exact) mass is 438 g/mol. The molecule has 1 aromatic rings. The summed E-state index contributed by atoms with van der Waals surface area (Å²) >= 11 is 1.49. The van der Waals surface area contributed by atoms with Crippen LogP contribution in [0.3, 0.4) is 0 Å². The standard InChI is InChI=1S/C18H30N4O2S.2ClH/c1-12-8-22(9-13(2)24-12)10-14-11-25-17(20-14)21-16(23)15-6-4-5-7-18(15,3)19;;/h11-13,15H,4-10,19H2,1-3H3,(H,20,21,23);2*1H. The van der Waals surface area contributed by atoms with Crippen LogP contribution in [-0.2, 0) is 16.1 Å². The Morgan fingerprint density at radius 2 is 2.04 bits per heavy atom. The molecule has 2 heterocycles. The summed E-state index contributed by atoms with van der Waals surface area (Å²) in [5.41, 5.74) is 6.92. The predicted octanol–water partition coefficient (Wildman–Crippen LogP) is 3.44. The van der Waals surface area contributed by atoms with E-state index in [-0.39, 0.29) is 48.8 Å². The van der Waals surface area contributed by atoms with Gasteiger partial charge in [0, 0.05) is 30.6 Å². The highest BCUT2D eigenvalue weighted by Crippen LogP contribution is 2.32. The van der Waals surface area contributed by atoms with Crippen LogP contribution in [0.4, 0.5) is 5.13 Å². The van der Waals surface area contributed by atoms with Crippen molar-refractivity contribution < 1.29 is 9.53 Å². The van der Waals surface area contributed by atoms with Gasteiger partial charge in [-0.15, -0.1) is 36.2 Å². The lowest BCUT2D eigenvalue weighted by molar-refractivity contribution is -0.122. The summed E-state index contributed by atoms with van der Waals surface area (Å²) in [5, 5.41) is 5.69. The number of nitrogens with zero attached hydrogens (tertiary/aromatic N) is 2. The first-order valence-corrected chi connectivity index (χ1v) is 10.1. The van der Waals surface area contributed by atoms with E-state index < -0.39 is 5.54 Å². The molecule has 1 aromatic heterocycles. The molecule has 3 rings (SSSR count). The Hall–Kier alpha value is -0.440. The van der Waals surface area contributed by atoms with Crippen molar-refractivity contribution in [1.29, 1.82) is 0 Å². The number of hydrogen-bond donors (Lipinski definition) is 2. The van der Waals surface area contributed by atoms with Crippen LogP contribution in [0.5, 0.6) is 0 Å². The highest BCUT2D eigenvalue weighted by Gasteiger charge is 2.38. The van der Waals surface area contributed by atoms with Crippen LogP contribution in [0.1, 0.15) is 52.1 Å². The van der Waals surface area contributed by atoms with Crippen LogP contribution in [0.25, 0.3) is 0 Å². The van der Waals surface area contributed by atoms with E-state index >= 15 is 0 Å². The summed E-state index contributed by atoms with van der Waals surface area (Å²) in [6.45, 7) is 8.81. The zero-order chi connectivity index (χ0) is 18.0. The summed E-state index contributed by atoms with van der Waals surface area (Å²) in [7, 11) is 0. The maximum absolute atomic E-state index is 12.6. The highest BCUT2D eigenvalue weighted by atomic mass is 35.5. The number of anilines is 1. The SMILES string of the molecule is CC1CN(Cc2csc(NC(=O)C3CCCCC3(C)N)n2)CC(C)O1.Cl.Cl. The van der Waals surface area contributed by atoms with Gasteiger partial charge in [0.1, 0.15) is 0 Å². The zero-order valence-corrected chi connectivity index (χ0v) is 18.7. The van der Waals surface area contributed by atoms with Crippen molar-refractivity contribution in [3.63, 3.8) is 0 Å². The van der Waals surface area contributed by atoms with Crippen molar-refractivity contribution in [1.82, 2.24) is 9.88 Å². The van der Waals surface area contributed by atoms with Crippen LogP contribution in [-0.4, -0.2) is 46.6 Å². The fourth-order valence-corrected chi connectivity index (χ4v) is 4.77. The molecule has 0 radical (unpaired) electrons. The summed E-state index contributed by atoms with van der Waals surface area (Å²) in [6, 6.07) is 0. The minimum absolute atomic E-state index is 0. The van der Waals surface area contributed by atoms with Crippen molar-refractivity contribution in [2.45, 2.75) is 70.7 Å². The molecule has 1 saturated carbocycles. The molecule has 1 aliphatic heterocycles. The van der Waals surface area contributed by atoms with Gasteiger partial charge in [0.2, 0.25) is 5.91 Å². The molecule has 4 atom stereocenters. The van der Waals surface area contributed by atoms with E-state index in [1.807, 2.05) is 12.3 Å². The number of hydrogen-bond acceptors (Lipinski definition) is 6. The average Bonchev–Trinajstić information content (AvgIpc) is 2.92. The summed E-state index contributed by atoms with van der Waals surface area (Å²) < 4.78 is 5.77. The molecule has 2 aliphatic rings. The maximum Gasteiger partial charge on any atom is 0.231 e. The van der Waals surface area contributed by atoms with Crippen molar-refractivity contribution in [2.75, 3.05) is 18.4 Å². The van der Waals surface area contributed by atoms with Gasteiger partial charge in [-0.1, -0.05) is 12.8 Å². The van der Waals surface area contributed by atoms with Gasteiger partial charge in [-0.2, -0.15) is 0 Å². The molecule has 1 saturated heterocycles. The molecule has 0 bridgehead atoms. The predicted molar refractivity (Wildman–Crippen MR) is 115 cm³/mol. The van der Waals surface area contributed by atoms with Crippen LogP contribution < -0.4 is 11.1 Å². The third kappa shape index (κ3) is 6.54. The Bertz CT molecular complexity index is 604. The number of aromatic nitrogens is 1. The number of carbonyl (C=O) groups is 1. The van der Waals surface area contributed by atoms with Crippen molar-refractivity contribution >= 4 is 47.2 Å². The fraction of sp³-hybridized carbons (Fsp3) is 0.778. The zero-order valence-electron chi connectivity index (χ0n) is 16.3. The van der Waals surface area contributed by atoms with Crippen LogP contribution in [0.15, 0.2) is 5.38 Å². The summed E-state index contributed by atoms with van der Waals surface area (Å²) in [4.78, 5) is 19.6. The maximum atomic E-state index is 12.6. The van der Waals surface area contributed by atoms with E-state index in [2.05, 4.69) is 29.0 Å². The van der Waals surface area contributed by atoms with Gasteiger partial charge < -0.3 is 15.8 Å². The first-order valence-electron chi connectivity index (χ1n) is 9.25. The number of halogens is 2. The Morgan fingerprint density at radius 1 is 1.37 bits per heavy atom. The molecular formula is C18H32Cl2N4O2S. The van der Waals surface area contributed by atoms with E-state index in [4.69, 9.17) is 10.5 Å². The lowest BCUT2D eigenvalue weighted by Crippen LogP contribution is -2.51. The van der Waals surface area contributed by atoms with Gasteiger partial charge in [-0.3, -0.25) is 9.69 Å². The number of thiazole rings is 1. The Kier molecular flexibility index (Phi) is 9.45. The van der Waals surface area contributed by atoms with Crippen LogP contribution in [0.2, 0.25) is 0 Å². The Morgan fingerprint density at radius 3 is 2.67 bits per heavy atom. The number of nitrogens with one attached hydrogen (secondary N) is 1. The molecule has 9 heteroatoms. The van der Waals surface area contributed by atoms with E-state index in [9.17, 15) is 4.79 Å². The van der Waals surface area contributed by atoms with Crippen molar-refractivity contribution in [3.8, 4) is 0 Å². The van der Waals surface area contributed by atoms with E-state index in [1.165, 1.54) is 11.3 Å². The average molecular weight is 439 g/mol. The molecule has 1 amide bonds. The van der Waals surface area contributed by atoms with Gasteiger partial charge in [0.15, 0.2) is 5.13 Å². The smallest absolute Gasteiger partial charge is 0.231 e. The quantitative estimate of drug-likeness (QED) is 0.751. The molecule has 2 fully saturated rings. The van der Waals surface area contributed by atoms with E-state index in [0.717, 1.165) is 51.0 Å². The minimum Gasteiger partial charge on any atom is -0.373 e. The number of morpholine rings is 1. The van der Waals surface area contributed by atoms with Gasteiger partial charge in [-0.25, -0.2) is 4.98 Å². The highest BCUT2D eigenvalue weighted by molar-refractivity contribution is 7.13. The van der Waals surface area contributed by atoms with E-state index in [1.54, 1.807) is 0 Å². The molecular weight excluding hydrogens is 407 g/mol.